The summed E-state index contributed by atoms with van der Waals surface area (Å²) in [5.41, 5.74) is 4.60. The van der Waals surface area contributed by atoms with Gasteiger partial charge >= 0.3 is 0 Å². The van der Waals surface area contributed by atoms with Crippen molar-refractivity contribution in [2.24, 2.45) is 13.0 Å². The van der Waals surface area contributed by atoms with E-state index in [0.717, 1.165) is 25.7 Å². The van der Waals surface area contributed by atoms with Crippen LogP contribution >= 0.6 is 0 Å². The molecule has 158 valence electrons. The number of phenols is 2. The molecule has 0 amide bonds. The monoisotopic (exact) mass is 396 g/mol. The van der Waals surface area contributed by atoms with Crippen molar-refractivity contribution in [1.29, 1.82) is 0 Å². The first-order valence-corrected chi connectivity index (χ1v) is 10.5. The summed E-state index contributed by atoms with van der Waals surface area (Å²) in [5.74, 6) is 1.01. The molecule has 0 saturated carbocycles. The maximum absolute atomic E-state index is 10.3. The summed E-state index contributed by atoms with van der Waals surface area (Å²) in [7, 11) is 1.98. The Hall–Kier alpha value is -2.49. The van der Waals surface area contributed by atoms with E-state index in [2.05, 4.69) is 51.0 Å². The van der Waals surface area contributed by atoms with Crippen LogP contribution in [0.15, 0.2) is 53.8 Å². The van der Waals surface area contributed by atoms with Gasteiger partial charge in [0.25, 0.3) is 0 Å². The molecule has 1 heterocycles. The average molecular weight is 397 g/mol. The van der Waals surface area contributed by atoms with Crippen molar-refractivity contribution in [3.05, 3.63) is 65.0 Å². The van der Waals surface area contributed by atoms with E-state index in [1.807, 2.05) is 17.9 Å². The van der Waals surface area contributed by atoms with Crippen LogP contribution in [0.25, 0.3) is 0 Å². The van der Waals surface area contributed by atoms with Crippen LogP contribution in [0.2, 0.25) is 0 Å². The molecule has 0 radical (unpaired) electrons. The van der Waals surface area contributed by atoms with Gasteiger partial charge in [0.05, 0.1) is 0 Å². The molecule has 0 aliphatic heterocycles. The summed E-state index contributed by atoms with van der Waals surface area (Å²) in [4.78, 5) is 0. The van der Waals surface area contributed by atoms with E-state index in [-0.39, 0.29) is 11.5 Å². The Morgan fingerprint density at radius 1 is 1.10 bits per heavy atom. The number of phenolic OH excluding ortho intramolecular Hbond substituents is 2. The molecule has 2 N–H and O–H groups in total. The molecule has 0 fully saturated rings. The molecule has 1 aromatic heterocycles. The molecule has 2 atom stereocenters. The molecule has 4 heteroatoms. The summed E-state index contributed by atoms with van der Waals surface area (Å²) < 4.78 is 1.93. The second kappa shape index (κ2) is 10.9. The van der Waals surface area contributed by atoms with Crippen LogP contribution in [0.4, 0.5) is 0 Å². The molecule has 0 aliphatic carbocycles. The van der Waals surface area contributed by atoms with E-state index in [1.165, 1.54) is 16.8 Å². The minimum absolute atomic E-state index is 0.174. The van der Waals surface area contributed by atoms with Crippen molar-refractivity contribution < 1.29 is 10.2 Å². The Morgan fingerprint density at radius 3 is 2.38 bits per heavy atom. The maximum Gasteiger partial charge on any atom is 0.122 e. The fraction of sp³-hybridized carbons (Fsp3) is 0.480. The minimum atomic E-state index is 0.174. The summed E-state index contributed by atoms with van der Waals surface area (Å²) in [6, 6.07) is 7.04. The Morgan fingerprint density at radius 2 is 1.79 bits per heavy atom. The van der Waals surface area contributed by atoms with Gasteiger partial charge in [0, 0.05) is 24.5 Å². The molecular weight excluding hydrogens is 360 g/mol. The number of benzene rings is 1. The van der Waals surface area contributed by atoms with Crippen LogP contribution in [-0.2, 0) is 13.5 Å². The van der Waals surface area contributed by atoms with Crippen molar-refractivity contribution in [3.8, 4) is 11.5 Å². The SMILES string of the molecule is CC(C)=CCCC(C)=CCC(Cc1c(O)cccc1O)CC(C)c1ccnn1C. The first kappa shape index (κ1) is 22.8. The van der Waals surface area contributed by atoms with Crippen molar-refractivity contribution in [2.75, 3.05) is 0 Å². The molecular formula is C25H36N2O2. The van der Waals surface area contributed by atoms with Crippen molar-refractivity contribution >= 4 is 0 Å². The molecule has 0 spiro atoms. The number of allylic oxidation sites excluding steroid dienone is 4. The quantitative estimate of drug-likeness (QED) is 0.466. The number of aromatic nitrogens is 2. The van der Waals surface area contributed by atoms with Gasteiger partial charge in [-0.3, -0.25) is 4.68 Å². The number of aromatic hydroxyl groups is 2. The lowest BCUT2D eigenvalue weighted by Crippen LogP contribution is -2.11. The Bertz CT molecular complexity index is 824. The normalized spacial score (nSPS) is 13.9. The number of aryl methyl sites for hydroxylation is 1. The van der Waals surface area contributed by atoms with Crippen LogP contribution in [0, 0.1) is 5.92 Å². The largest absolute Gasteiger partial charge is 0.508 e. The summed E-state index contributed by atoms with van der Waals surface area (Å²) in [6.45, 7) is 8.68. The number of nitrogens with zero attached hydrogens (tertiary/aromatic N) is 2. The molecule has 0 saturated heterocycles. The first-order valence-electron chi connectivity index (χ1n) is 10.5. The van der Waals surface area contributed by atoms with E-state index in [0.29, 0.717) is 23.8 Å². The summed E-state index contributed by atoms with van der Waals surface area (Å²) >= 11 is 0. The smallest absolute Gasteiger partial charge is 0.122 e. The van der Waals surface area contributed by atoms with Crippen molar-refractivity contribution in [1.82, 2.24) is 9.78 Å². The van der Waals surface area contributed by atoms with Crippen LogP contribution in [0.5, 0.6) is 11.5 Å². The van der Waals surface area contributed by atoms with E-state index in [9.17, 15) is 10.2 Å². The van der Waals surface area contributed by atoms with E-state index in [1.54, 1.807) is 18.2 Å². The zero-order valence-corrected chi connectivity index (χ0v) is 18.5. The van der Waals surface area contributed by atoms with E-state index in [4.69, 9.17) is 0 Å². The first-order chi connectivity index (χ1) is 13.8. The zero-order valence-electron chi connectivity index (χ0n) is 18.5. The fourth-order valence-corrected chi connectivity index (χ4v) is 3.87. The second-order valence-corrected chi connectivity index (χ2v) is 8.47. The highest BCUT2D eigenvalue weighted by molar-refractivity contribution is 5.43. The van der Waals surface area contributed by atoms with Gasteiger partial charge in [0.2, 0.25) is 0 Å². The summed E-state index contributed by atoms with van der Waals surface area (Å²) in [5, 5.41) is 24.8. The number of rotatable bonds is 10. The van der Waals surface area contributed by atoms with E-state index < -0.39 is 0 Å². The van der Waals surface area contributed by atoms with Gasteiger partial charge in [0.1, 0.15) is 11.5 Å². The predicted molar refractivity (Wildman–Crippen MR) is 120 cm³/mol. The van der Waals surface area contributed by atoms with Gasteiger partial charge in [-0.15, -0.1) is 0 Å². The van der Waals surface area contributed by atoms with E-state index >= 15 is 0 Å². The Balaban J connectivity index is 2.14. The van der Waals surface area contributed by atoms with Gasteiger partial charge in [0.15, 0.2) is 0 Å². The molecule has 1 aromatic carbocycles. The highest BCUT2D eigenvalue weighted by Crippen LogP contribution is 2.34. The zero-order chi connectivity index (χ0) is 21.4. The third-order valence-electron chi connectivity index (χ3n) is 5.56. The van der Waals surface area contributed by atoms with Gasteiger partial charge in [-0.25, -0.2) is 0 Å². The number of hydrogen-bond acceptors (Lipinski definition) is 3. The summed E-state index contributed by atoms with van der Waals surface area (Å²) in [6.07, 6.45) is 11.1. The van der Waals surface area contributed by atoms with Gasteiger partial charge in [-0.2, -0.15) is 5.10 Å². The molecule has 0 aliphatic rings. The van der Waals surface area contributed by atoms with Crippen molar-refractivity contribution in [3.63, 3.8) is 0 Å². The highest BCUT2D eigenvalue weighted by atomic mass is 16.3. The lowest BCUT2D eigenvalue weighted by molar-refractivity contribution is 0.399. The predicted octanol–water partition coefficient (Wildman–Crippen LogP) is 6.27. The van der Waals surface area contributed by atoms with Gasteiger partial charge < -0.3 is 10.2 Å². The van der Waals surface area contributed by atoms with Crippen LogP contribution < -0.4 is 0 Å². The Kier molecular flexibility index (Phi) is 8.56. The lowest BCUT2D eigenvalue weighted by Gasteiger charge is -2.21. The maximum atomic E-state index is 10.3. The highest BCUT2D eigenvalue weighted by Gasteiger charge is 2.19. The van der Waals surface area contributed by atoms with Crippen molar-refractivity contribution in [2.45, 2.75) is 65.7 Å². The lowest BCUT2D eigenvalue weighted by atomic mass is 9.85. The molecule has 4 nitrogen and oxygen atoms in total. The standard InChI is InChI=1S/C25H36N2O2/c1-18(2)8-6-9-19(3)12-13-21(16-20(4)23-14-15-26-27(23)5)17-22-24(28)10-7-11-25(22)29/h7-8,10-12,14-15,20-21,28-29H,6,9,13,16-17H2,1-5H3. The van der Waals surface area contributed by atoms with Crippen LogP contribution in [0.1, 0.15) is 70.6 Å². The second-order valence-electron chi connectivity index (χ2n) is 8.47. The Labute approximate surface area is 175 Å². The molecule has 29 heavy (non-hydrogen) atoms. The molecule has 2 unspecified atom stereocenters. The van der Waals surface area contributed by atoms with Gasteiger partial charge in [-0.05, 0) is 82.9 Å². The third-order valence-corrected chi connectivity index (χ3v) is 5.56. The van der Waals surface area contributed by atoms with Crippen LogP contribution in [0.3, 0.4) is 0 Å². The third kappa shape index (κ3) is 7.12. The number of hydrogen-bond donors (Lipinski definition) is 2. The molecule has 2 aromatic rings. The molecule has 2 rings (SSSR count). The fourth-order valence-electron chi connectivity index (χ4n) is 3.87. The average Bonchev–Trinajstić information content (AvgIpc) is 3.08. The molecule has 0 bridgehead atoms. The minimum Gasteiger partial charge on any atom is -0.508 e. The topological polar surface area (TPSA) is 58.3 Å². The van der Waals surface area contributed by atoms with Gasteiger partial charge in [-0.1, -0.05) is 36.3 Å². The van der Waals surface area contributed by atoms with Crippen LogP contribution in [-0.4, -0.2) is 20.0 Å².